The van der Waals surface area contributed by atoms with Gasteiger partial charge in [-0.1, -0.05) is 25.2 Å². The number of nitrogens with zero attached hydrogens (tertiary/aromatic N) is 1. The quantitative estimate of drug-likeness (QED) is 0.826. The highest BCUT2D eigenvalue weighted by Crippen LogP contribution is 2.41. The van der Waals surface area contributed by atoms with E-state index in [-0.39, 0.29) is 12.0 Å². The monoisotopic (exact) mass is 256 g/mol. The van der Waals surface area contributed by atoms with Crippen LogP contribution in [0, 0.1) is 5.92 Å². The first-order valence-electron chi connectivity index (χ1n) is 6.53. The number of carbonyl (C=O) groups excluding carboxylic acids is 1. The standard InChI is InChI=1S/C15H16N2O2/c1-3-19-15(18)14-13-11(7-8-16-14)10-6-4-5-9(2)12(10)17-13/h4-9,12,17H,3H2,1-2H3. The second-order valence-electron chi connectivity index (χ2n) is 4.79. The fraction of sp³-hybridized carbons (Fsp3) is 0.333. The van der Waals surface area contributed by atoms with Crippen LogP contribution in [0.1, 0.15) is 29.9 Å². The maximum Gasteiger partial charge on any atom is 0.359 e. The maximum atomic E-state index is 11.9. The van der Waals surface area contributed by atoms with Gasteiger partial charge >= 0.3 is 5.97 Å². The summed E-state index contributed by atoms with van der Waals surface area (Å²) in [5.41, 5.74) is 3.45. The molecule has 0 saturated carbocycles. The third kappa shape index (κ3) is 1.84. The summed E-state index contributed by atoms with van der Waals surface area (Å²) in [7, 11) is 0. The van der Waals surface area contributed by atoms with Crippen LogP contribution in [-0.4, -0.2) is 23.6 Å². The molecule has 2 unspecified atom stereocenters. The van der Waals surface area contributed by atoms with Gasteiger partial charge in [-0.3, -0.25) is 0 Å². The van der Waals surface area contributed by atoms with Crippen LogP contribution in [0.3, 0.4) is 0 Å². The topological polar surface area (TPSA) is 51.2 Å². The number of hydrogen-bond acceptors (Lipinski definition) is 4. The number of esters is 1. The molecule has 1 aromatic heterocycles. The van der Waals surface area contributed by atoms with Crippen LogP contribution in [0.15, 0.2) is 30.5 Å². The number of nitrogens with one attached hydrogen (secondary N) is 1. The fourth-order valence-electron chi connectivity index (χ4n) is 2.66. The molecule has 4 nitrogen and oxygen atoms in total. The highest BCUT2D eigenvalue weighted by atomic mass is 16.5. The van der Waals surface area contributed by atoms with Gasteiger partial charge in [-0.05, 0) is 24.5 Å². The molecule has 2 aliphatic rings. The van der Waals surface area contributed by atoms with E-state index in [1.165, 1.54) is 5.57 Å². The second-order valence-corrected chi connectivity index (χ2v) is 4.79. The van der Waals surface area contributed by atoms with Gasteiger partial charge in [0.1, 0.15) is 0 Å². The Bertz CT molecular complexity index is 590. The molecule has 2 atom stereocenters. The van der Waals surface area contributed by atoms with Gasteiger partial charge in [0.05, 0.1) is 18.3 Å². The van der Waals surface area contributed by atoms with Crippen molar-refractivity contribution >= 4 is 17.2 Å². The summed E-state index contributed by atoms with van der Waals surface area (Å²) < 4.78 is 5.06. The normalized spacial score (nSPS) is 23.2. The lowest BCUT2D eigenvalue weighted by atomic mass is 9.89. The van der Waals surface area contributed by atoms with E-state index in [4.69, 9.17) is 4.74 Å². The summed E-state index contributed by atoms with van der Waals surface area (Å²) in [6, 6.07) is 2.17. The Morgan fingerprint density at radius 2 is 2.37 bits per heavy atom. The number of anilines is 1. The molecule has 0 spiro atoms. The number of hydrogen-bond donors (Lipinski definition) is 1. The van der Waals surface area contributed by atoms with E-state index < -0.39 is 0 Å². The summed E-state index contributed by atoms with van der Waals surface area (Å²) in [4.78, 5) is 16.1. The fourth-order valence-corrected chi connectivity index (χ4v) is 2.66. The molecule has 0 bridgehead atoms. The van der Waals surface area contributed by atoms with Gasteiger partial charge in [0.2, 0.25) is 0 Å². The molecule has 0 aromatic carbocycles. The smallest absolute Gasteiger partial charge is 0.359 e. The largest absolute Gasteiger partial charge is 0.461 e. The molecule has 19 heavy (non-hydrogen) atoms. The van der Waals surface area contributed by atoms with Crippen LogP contribution in [-0.2, 0) is 4.74 Å². The van der Waals surface area contributed by atoms with E-state index in [9.17, 15) is 4.79 Å². The molecule has 98 valence electrons. The minimum atomic E-state index is -0.369. The van der Waals surface area contributed by atoms with Crippen molar-refractivity contribution in [3.05, 3.63) is 41.7 Å². The van der Waals surface area contributed by atoms with E-state index in [0.717, 1.165) is 11.3 Å². The number of fused-ring (bicyclic) bond motifs is 3. The Hall–Kier alpha value is -2.10. The molecule has 2 heterocycles. The van der Waals surface area contributed by atoms with Crippen molar-refractivity contribution in [3.8, 4) is 0 Å². The van der Waals surface area contributed by atoms with E-state index >= 15 is 0 Å². The minimum absolute atomic E-state index is 0.220. The van der Waals surface area contributed by atoms with Crippen LogP contribution in [0.2, 0.25) is 0 Å². The molecule has 1 aliphatic carbocycles. The van der Waals surface area contributed by atoms with E-state index in [0.29, 0.717) is 18.2 Å². The molecule has 0 fully saturated rings. The summed E-state index contributed by atoms with van der Waals surface area (Å²) >= 11 is 0. The SMILES string of the molecule is CCOC(=O)c1nccc2c1NC1C2=CC=CC1C. The molecule has 4 heteroatoms. The van der Waals surface area contributed by atoms with Crippen LogP contribution in [0.25, 0.3) is 5.57 Å². The highest BCUT2D eigenvalue weighted by Gasteiger charge is 2.34. The predicted molar refractivity (Wildman–Crippen MR) is 73.9 cm³/mol. The van der Waals surface area contributed by atoms with Gasteiger partial charge in [0, 0.05) is 11.8 Å². The maximum absolute atomic E-state index is 11.9. The first-order valence-corrected chi connectivity index (χ1v) is 6.53. The zero-order valence-electron chi connectivity index (χ0n) is 11.0. The van der Waals surface area contributed by atoms with Gasteiger partial charge in [0.15, 0.2) is 5.69 Å². The van der Waals surface area contributed by atoms with E-state index in [1.807, 2.05) is 6.07 Å². The van der Waals surface area contributed by atoms with Crippen LogP contribution >= 0.6 is 0 Å². The molecule has 1 N–H and O–H groups in total. The number of pyridine rings is 1. The van der Waals surface area contributed by atoms with Gasteiger partial charge in [0.25, 0.3) is 0 Å². The summed E-state index contributed by atoms with van der Waals surface area (Å²) in [6.45, 7) is 4.31. The minimum Gasteiger partial charge on any atom is -0.461 e. The van der Waals surface area contributed by atoms with E-state index in [2.05, 4.69) is 35.5 Å². The zero-order valence-corrected chi connectivity index (χ0v) is 11.0. The first-order chi connectivity index (χ1) is 9.22. The van der Waals surface area contributed by atoms with Crippen molar-refractivity contribution in [3.63, 3.8) is 0 Å². The molecule has 1 aliphatic heterocycles. The molecule has 3 rings (SSSR count). The van der Waals surface area contributed by atoms with Gasteiger partial charge in [-0.2, -0.15) is 0 Å². The Morgan fingerprint density at radius 3 is 3.16 bits per heavy atom. The molecule has 0 radical (unpaired) electrons. The first kappa shape index (κ1) is 12.0. The Kier molecular flexibility index (Phi) is 2.85. The zero-order chi connectivity index (χ0) is 13.4. The highest BCUT2D eigenvalue weighted by molar-refractivity contribution is 6.00. The molecule has 0 amide bonds. The lowest BCUT2D eigenvalue weighted by molar-refractivity contribution is 0.0520. The third-order valence-electron chi connectivity index (χ3n) is 3.58. The Labute approximate surface area is 112 Å². The van der Waals surface area contributed by atoms with Crippen LogP contribution < -0.4 is 5.32 Å². The molecular weight excluding hydrogens is 240 g/mol. The van der Waals surface area contributed by atoms with Crippen molar-refractivity contribution in [2.45, 2.75) is 19.9 Å². The number of allylic oxidation sites excluding steroid dienone is 2. The number of rotatable bonds is 2. The number of aromatic nitrogens is 1. The average Bonchev–Trinajstić information content (AvgIpc) is 2.79. The number of ether oxygens (including phenoxy) is 1. The van der Waals surface area contributed by atoms with Gasteiger partial charge < -0.3 is 10.1 Å². The van der Waals surface area contributed by atoms with Crippen molar-refractivity contribution in [1.82, 2.24) is 4.98 Å². The summed E-state index contributed by atoms with van der Waals surface area (Å²) in [5, 5.41) is 3.41. The summed E-state index contributed by atoms with van der Waals surface area (Å²) in [5.74, 6) is 0.0224. The van der Waals surface area contributed by atoms with Gasteiger partial charge in [-0.15, -0.1) is 0 Å². The van der Waals surface area contributed by atoms with E-state index in [1.54, 1.807) is 13.1 Å². The predicted octanol–water partition coefficient (Wildman–Crippen LogP) is 2.64. The lowest BCUT2D eigenvalue weighted by Gasteiger charge is -2.21. The summed E-state index contributed by atoms with van der Waals surface area (Å²) in [6.07, 6.45) is 7.99. The van der Waals surface area contributed by atoms with Crippen LogP contribution in [0.4, 0.5) is 5.69 Å². The van der Waals surface area contributed by atoms with Crippen molar-refractivity contribution in [1.29, 1.82) is 0 Å². The average molecular weight is 256 g/mol. The third-order valence-corrected chi connectivity index (χ3v) is 3.58. The van der Waals surface area contributed by atoms with Crippen molar-refractivity contribution in [2.24, 2.45) is 5.92 Å². The molecular formula is C15H16N2O2. The van der Waals surface area contributed by atoms with Gasteiger partial charge in [-0.25, -0.2) is 9.78 Å². The number of carbonyl (C=O) groups is 1. The lowest BCUT2D eigenvalue weighted by Crippen LogP contribution is -2.24. The Morgan fingerprint density at radius 1 is 1.53 bits per heavy atom. The molecule has 1 aromatic rings. The second kappa shape index (κ2) is 4.53. The van der Waals surface area contributed by atoms with Crippen LogP contribution in [0.5, 0.6) is 0 Å². The Balaban J connectivity index is 2.05. The van der Waals surface area contributed by atoms with Crippen molar-refractivity contribution in [2.75, 3.05) is 11.9 Å². The van der Waals surface area contributed by atoms with Crippen molar-refractivity contribution < 1.29 is 9.53 Å². The molecule has 0 saturated heterocycles.